The van der Waals surface area contributed by atoms with Gasteiger partial charge >= 0.3 is 18.1 Å². The van der Waals surface area contributed by atoms with E-state index in [1.165, 1.54) is 35.8 Å². The number of allylic oxidation sites excluding steroid dienone is 4. The molecule has 15 heteroatoms. The van der Waals surface area contributed by atoms with Crippen molar-refractivity contribution in [3.8, 4) is 0 Å². The molecule has 1 aliphatic carbocycles. The number of urea groups is 1. The van der Waals surface area contributed by atoms with Crippen molar-refractivity contribution in [2.24, 2.45) is 0 Å². The normalized spacial score (nSPS) is 18.1. The van der Waals surface area contributed by atoms with E-state index >= 15 is 0 Å². The van der Waals surface area contributed by atoms with Crippen LogP contribution in [0, 0.1) is 0 Å². The number of ether oxygens (including phenoxy) is 4. The highest BCUT2D eigenvalue weighted by atomic mass is 32.1. The van der Waals surface area contributed by atoms with E-state index in [4.69, 9.17) is 18.9 Å². The van der Waals surface area contributed by atoms with Crippen LogP contribution in [0.5, 0.6) is 0 Å². The molecule has 1 unspecified atom stereocenters. The fourth-order valence-electron chi connectivity index (χ4n) is 5.50. The Morgan fingerprint density at radius 2 is 1.98 bits per heavy atom. The summed E-state index contributed by atoms with van der Waals surface area (Å²) in [4.78, 5) is 71.7. The quantitative estimate of drug-likeness (QED) is 0.239. The maximum Gasteiger partial charge on any atom is 0.419 e. The fraction of sp³-hybridized carbons (Fsp3) is 0.294. The molecule has 4 amide bonds. The summed E-state index contributed by atoms with van der Waals surface area (Å²) in [6.45, 7) is 5.23. The summed E-state index contributed by atoms with van der Waals surface area (Å²) in [6.07, 6.45) is 10.6. The van der Waals surface area contributed by atoms with Crippen LogP contribution in [-0.4, -0.2) is 69.2 Å². The number of esters is 1. The molecule has 1 fully saturated rings. The summed E-state index contributed by atoms with van der Waals surface area (Å²) in [7, 11) is 1.20. The number of para-hydroxylation sites is 1. The van der Waals surface area contributed by atoms with Crippen molar-refractivity contribution in [1.82, 2.24) is 19.8 Å². The average molecular weight is 688 g/mol. The van der Waals surface area contributed by atoms with Crippen molar-refractivity contribution in [3.05, 3.63) is 94.9 Å². The van der Waals surface area contributed by atoms with E-state index in [-0.39, 0.29) is 23.0 Å². The molecule has 0 radical (unpaired) electrons. The molecule has 2 aromatic heterocycles. The van der Waals surface area contributed by atoms with Gasteiger partial charge in [-0.3, -0.25) is 14.2 Å². The van der Waals surface area contributed by atoms with Crippen molar-refractivity contribution < 1.29 is 42.9 Å². The zero-order chi connectivity index (χ0) is 34.9. The van der Waals surface area contributed by atoms with Crippen molar-refractivity contribution >= 4 is 57.3 Å². The Balaban J connectivity index is 1.33. The Kier molecular flexibility index (Phi) is 9.10. The molecule has 2 atom stereocenters. The number of fused-ring (bicyclic) bond motifs is 1. The standard InChI is InChI=1S/C34H33N5O9S/c1-34(2,3)48-33(44)38-15-20(21-12-8-9-13-23(21)38)14-24(28(40)37-31-35-22(18-49-31)30(42)45-4)39-29(41)27(36-32(39)43)26-17-46-16-25(47-26)19-10-6-5-7-11-19/h5-6,8-10,12-13,15-18,24,27H,7,11,14H2,1-4H3,(H,36,43)(H,35,37,40)/t24-,27?/m0/s1. The Hall–Kier alpha value is -5.70. The highest BCUT2D eigenvalue weighted by molar-refractivity contribution is 7.14. The minimum Gasteiger partial charge on any atom is -0.465 e. The predicted molar refractivity (Wildman–Crippen MR) is 177 cm³/mol. The first-order valence-corrected chi connectivity index (χ1v) is 16.2. The van der Waals surface area contributed by atoms with Gasteiger partial charge in [0.1, 0.15) is 24.2 Å². The number of rotatable bonds is 8. The zero-order valence-electron chi connectivity index (χ0n) is 27.1. The molecule has 0 saturated carbocycles. The van der Waals surface area contributed by atoms with Crippen molar-refractivity contribution in [1.29, 1.82) is 0 Å². The van der Waals surface area contributed by atoms with Gasteiger partial charge in [-0.25, -0.2) is 24.3 Å². The first kappa shape index (κ1) is 33.2. The molecular weight excluding hydrogens is 654 g/mol. The lowest BCUT2D eigenvalue weighted by atomic mass is 10.0. The fourth-order valence-corrected chi connectivity index (χ4v) is 6.18. The molecular formula is C34H33N5O9S. The maximum absolute atomic E-state index is 14.0. The number of imide groups is 1. The Bertz CT molecular complexity index is 1980. The SMILES string of the molecule is COC(=O)c1csc(NC(=O)[C@H](Cc2cn(C(=O)OC(C)(C)C)c3ccccc23)N2C(=O)NC(C3=COC=C(C4=CC=CCC4)O3)C2=O)n1. The van der Waals surface area contributed by atoms with E-state index in [1.807, 2.05) is 18.2 Å². The third-order valence-corrected chi connectivity index (χ3v) is 8.47. The molecule has 6 rings (SSSR count). The second-order valence-corrected chi connectivity index (χ2v) is 13.1. The molecule has 1 saturated heterocycles. The van der Waals surface area contributed by atoms with E-state index in [0.717, 1.165) is 28.2 Å². The number of benzene rings is 1. The first-order valence-electron chi connectivity index (χ1n) is 15.3. The lowest BCUT2D eigenvalue weighted by Gasteiger charge is -2.25. The number of aromatic nitrogens is 2. The van der Waals surface area contributed by atoms with Crippen LogP contribution in [0.4, 0.5) is 14.7 Å². The lowest BCUT2D eigenvalue weighted by molar-refractivity contribution is -0.134. The van der Waals surface area contributed by atoms with Gasteiger partial charge in [0.05, 0.1) is 12.6 Å². The molecule has 2 N–H and O–H groups in total. The highest BCUT2D eigenvalue weighted by Gasteiger charge is 2.48. The van der Waals surface area contributed by atoms with Crippen LogP contribution in [0.3, 0.4) is 0 Å². The van der Waals surface area contributed by atoms with E-state index in [1.54, 1.807) is 45.0 Å². The summed E-state index contributed by atoms with van der Waals surface area (Å²) in [5.74, 6) is -1.78. The van der Waals surface area contributed by atoms with Crippen LogP contribution in [-0.2, 0) is 35.0 Å². The van der Waals surface area contributed by atoms with Gasteiger partial charge in [-0.15, -0.1) is 11.3 Å². The molecule has 254 valence electrons. The van der Waals surface area contributed by atoms with Crippen LogP contribution < -0.4 is 10.6 Å². The van der Waals surface area contributed by atoms with Gasteiger partial charge in [0, 0.05) is 23.4 Å². The second-order valence-electron chi connectivity index (χ2n) is 12.3. The maximum atomic E-state index is 14.0. The number of amides is 4. The number of hydrogen-bond acceptors (Lipinski definition) is 11. The topological polar surface area (TPSA) is 167 Å². The van der Waals surface area contributed by atoms with Crippen molar-refractivity contribution in [3.63, 3.8) is 0 Å². The lowest BCUT2D eigenvalue weighted by Crippen LogP contribution is -2.49. The minimum atomic E-state index is -1.44. The molecule has 2 aliphatic heterocycles. The van der Waals surface area contributed by atoms with Gasteiger partial charge in [-0.05, 0) is 50.8 Å². The minimum absolute atomic E-state index is 0.0244. The van der Waals surface area contributed by atoms with E-state index in [9.17, 15) is 24.0 Å². The number of hydrogen-bond donors (Lipinski definition) is 2. The Morgan fingerprint density at radius 3 is 2.71 bits per heavy atom. The first-order chi connectivity index (χ1) is 23.4. The van der Waals surface area contributed by atoms with Crippen molar-refractivity contribution in [2.75, 3.05) is 12.4 Å². The van der Waals surface area contributed by atoms with Crippen LogP contribution in [0.25, 0.3) is 10.9 Å². The smallest absolute Gasteiger partial charge is 0.419 e. The Labute approximate surface area is 284 Å². The van der Waals surface area contributed by atoms with Crippen LogP contribution in [0.15, 0.2) is 83.7 Å². The number of nitrogens with zero attached hydrogens (tertiary/aromatic N) is 3. The molecule has 49 heavy (non-hydrogen) atoms. The molecule has 14 nitrogen and oxygen atoms in total. The van der Waals surface area contributed by atoms with Gasteiger partial charge in [-0.1, -0.05) is 36.4 Å². The third kappa shape index (κ3) is 6.97. The number of nitrogens with one attached hydrogen (secondary N) is 2. The molecule has 1 aromatic carbocycles. The summed E-state index contributed by atoms with van der Waals surface area (Å²) >= 11 is 0.967. The molecule has 3 aliphatic rings. The van der Waals surface area contributed by atoms with Crippen LogP contribution in [0.2, 0.25) is 0 Å². The molecule has 3 aromatic rings. The van der Waals surface area contributed by atoms with Crippen LogP contribution >= 0.6 is 11.3 Å². The number of carbonyl (C=O) groups excluding carboxylic acids is 5. The largest absolute Gasteiger partial charge is 0.465 e. The van der Waals surface area contributed by atoms with Gasteiger partial charge < -0.3 is 29.6 Å². The van der Waals surface area contributed by atoms with Gasteiger partial charge in [0.15, 0.2) is 28.4 Å². The van der Waals surface area contributed by atoms with Gasteiger partial charge in [0.25, 0.3) is 5.91 Å². The highest BCUT2D eigenvalue weighted by Crippen LogP contribution is 2.31. The number of anilines is 1. The van der Waals surface area contributed by atoms with Gasteiger partial charge in [-0.2, -0.15) is 0 Å². The average Bonchev–Trinajstić information content (AvgIpc) is 3.78. The second kappa shape index (κ2) is 13.4. The molecule has 4 heterocycles. The van der Waals surface area contributed by atoms with E-state index in [0.29, 0.717) is 28.6 Å². The monoisotopic (exact) mass is 687 g/mol. The molecule has 0 bridgehead atoms. The van der Waals surface area contributed by atoms with Gasteiger partial charge in [0.2, 0.25) is 5.91 Å². The summed E-state index contributed by atoms with van der Waals surface area (Å²) < 4.78 is 23.1. The number of methoxy groups -OCH3 is 1. The summed E-state index contributed by atoms with van der Waals surface area (Å²) in [5, 5.41) is 7.30. The molecule has 0 spiro atoms. The number of thiazole rings is 1. The predicted octanol–water partition coefficient (Wildman–Crippen LogP) is 5.14. The third-order valence-electron chi connectivity index (χ3n) is 7.71. The zero-order valence-corrected chi connectivity index (χ0v) is 27.9. The number of carbonyl (C=O) groups is 5. The van der Waals surface area contributed by atoms with E-state index in [2.05, 4.69) is 15.6 Å². The van der Waals surface area contributed by atoms with E-state index < -0.39 is 47.6 Å². The summed E-state index contributed by atoms with van der Waals surface area (Å²) in [5.41, 5.74) is 1.04. The van der Waals surface area contributed by atoms with Crippen LogP contribution in [0.1, 0.15) is 49.7 Å². The summed E-state index contributed by atoms with van der Waals surface area (Å²) in [6, 6.07) is 3.43. The van der Waals surface area contributed by atoms with Crippen molar-refractivity contribution in [2.45, 2.75) is 57.7 Å². The Morgan fingerprint density at radius 1 is 1.18 bits per heavy atom.